The SMILES string of the molecule is O=C(O)CC1CC2CCC(C1)N2Cc1cccc(F)c1Cl. The van der Waals surface area contributed by atoms with Crippen molar-refractivity contribution in [3.05, 3.63) is 34.6 Å². The van der Waals surface area contributed by atoms with Crippen LogP contribution in [-0.4, -0.2) is 28.1 Å². The molecular formula is C16H19ClFNO2. The molecule has 5 heteroatoms. The molecule has 21 heavy (non-hydrogen) atoms. The number of benzene rings is 1. The smallest absolute Gasteiger partial charge is 0.303 e. The first kappa shape index (κ1) is 14.8. The van der Waals surface area contributed by atoms with Crippen molar-refractivity contribution < 1.29 is 14.3 Å². The zero-order valence-corrected chi connectivity index (χ0v) is 12.5. The van der Waals surface area contributed by atoms with E-state index in [0.29, 0.717) is 18.6 Å². The third kappa shape index (κ3) is 3.06. The summed E-state index contributed by atoms with van der Waals surface area (Å²) in [5, 5.41) is 9.17. The number of carbonyl (C=O) groups is 1. The van der Waals surface area contributed by atoms with E-state index in [2.05, 4.69) is 4.90 Å². The Balaban J connectivity index is 1.71. The minimum absolute atomic E-state index is 0.213. The number of aliphatic carboxylic acids is 1. The summed E-state index contributed by atoms with van der Waals surface area (Å²) in [5.41, 5.74) is 0.824. The van der Waals surface area contributed by atoms with E-state index in [-0.39, 0.29) is 23.2 Å². The standard InChI is InChI=1S/C16H19ClFNO2/c17-16-11(2-1-3-14(16)18)9-19-12-4-5-13(19)7-10(6-12)8-15(20)21/h1-3,10,12-13H,4-9H2,(H,20,21). The van der Waals surface area contributed by atoms with Gasteiger partial charge in [0, 0.05) is 25.0 Å². The average molecular weight is 312 g/mol. The zero-order valence-electron chi connectivity index (χ0n) is 11.8. The minimum Gasteiger partial charge on any atom is -0.481 e. The van der Waals surface area contributed by atoms with Crippen molar-refractivity contribution in [3.63, 3.8) is 0 Å². The van der Waals surface area contributed by atoms with Gasteiger partial charge in [-0.05, 0) is 43.2 Å². The first-order chi connectivity index (χ1) is 10.0. The molecule has 1 aromatic rings. The highest BCUT2D eigenvalue weighted by molar-refractivity contribution is 6.31. The molecule has 2 atom stereocenters. The summed E-state index contributed by atoms with van der Waals surface area (Å²) >= 11 is 6.05. The summed E-state index contributed by atoms with van der Waals surface area (Å²) in [5.74, 6) is -0.803. The van der Waals surface area contributed by atoms with E-state index in [0.717, 1.165) is 31.2 Å². The van der Waals surface area contributed by atoms with Crippen LogP contribution in [0.1, 0.15) is 37.7 Å². The van der Waals surface area contributed by atoms with E-state index in [4.69, 9.17) is 16.7 Å². The number of hydrogen-bond donors (Lipinski definition) is 1. The van der Waals surface area contributed by atoms with Gasteiger partial charge in [-0.1, -0.05) is 23.7 Å². The molecule has 2 fully saturated rings. The number of rotatable bonds is 4. The van der Waals surface area contributed by atoms with Gasteiger partial charge in [0.15, 0.2) is 0 Å². The lowest BCUT2D eigenvalue weighted by Gasteiger charge is -2.38. The molecule has 2 aliphatic heterocycles. The van der Waals surface area contributed by atoms with Crippen molar-refractivity contribution in [2.75, 3.05) is 0 Å². The van der Waals surface area contributed by atoms with Crippen molar-refractivity contribution in [2.24, 2.45) is 5.92 Å². The van der Waals surface area contributed by atoms with Gasteiger partial charge < -0.3 is 5.11 Å². The van der Waals surface area contributed by atoms with Crippen LogP contribution in [0.25, 0.3) is 0 Å². The summed E-state index contributed by atoms with van der Waals surface area (Å²) in [6, 6.07) is 5.75. The van der Waals surface area contributed by atoms with Gasteiger partial charge in [-0.3, -0.25) is 9.69 Å². The molecule has 2 saturated heterocycles. The van der Waals surface area contributed by atoms with Gasteiger partial charge in [0.1, 0.15) is 5.82 Å². The van der Waals surface area contributed by atoms with Crippen LogP contribution >= 0.6 is 11.6 Å². The fraction of sp³-hybridized carbons (Fsp3) is 0.562. The Hall–Kier alpha value is -1.13. The summed E-state index contributed by atoms with van der Waals surface area (Å²) in [4.78, 5) is 13.3. The Labute approximate surface area is 128 Å². The van der Waals surface area contributed by atoms with Crippen LogP contribution in [0.3, 0.4) is 0 Å². The molecule has 0 saturated carbocycles. The summed E-state index contributed by atoms with van der Waals surface area (Å²) in [6.07, 6.45) is 4.33. The highest BCUT2D eigenvalue weighted by Crippen LogP contribution is 2.41. The molecule has 0 spiro atoms. The Morgan fingerprint density at radius 3 is 2.62 bits per heavy atom. The molecular weight excluding hydrogens is 293 g/mol. The number of piperidine rings is 1. The molecule has 3 nitrogen and oxygen atoms in total. The Bertz CT molecular complexity index is 537. The maximum absolute atomic E-state index is 13.5. The van der Waals surface area contributed by atoms with E-state index >= 15 is 0 Å². The van der Waals surface area contributed by atoms with Crippen molar-refractivity contribution >= 4 is 17.6 Å². The minimum atomic E-state index is -0.707. The molecule has 0 aromatic heterocycles. The number of fused-ring (bicyclic) bond motifs is 2. The van der Waals surface area contributed by atoms with Gasteiger partial charge in [-0.2, -0.15) is 0 Å². The van der Waals surface area contributed by atoms with E-state index in [9.17, 15) is 9.18 Å². The highest BCUT2D eigenvalue weighted by atomic mass is 35.5. The number of carboxylic acids is 1. The molecule has 2 heterocycles. The number of carboxylic acid groups (broad SMARTS) is 1. The van der Waals surface area contributed by atoms with Crippen molar-refractivity contribution in [2.45, 2.75) is 50.7 Å². The van der Waals surface area contributed by atoms with Crippen molar-refractivity contribution in [1.29, 1.82) is 0 Å². The fourth-order valence-electron chi connectivity index (χ4n) is 3.93. The van der Waals surface area contributed by atoms with Crippen LogP contribution in [0, 0.1) is 11.7 Å². The second kappa shape index (κ2) is 5.93. The van der Waals surface area contributed by atoms with Crippen LogP contribution in [0.5, 0.6) is 0 Å². The lowest BCUT2D eigenvalue weighted by Crippen LogP contribution is -2.42. The molecule has 0 aliphatic carbocycles. The number of nitrogens with zero attached hydrogens (tertiary/aromatic N) is 1. The van der Waals surface area contributed by atoms with Gasteiger partial charge in [0.25, 0.3) is 0 Å². The first-order valence-electron chi connectivity index (χ1n) is 7.45. The van der Waals surface area contributed by atoms with E-state index in [1.807, 2.05) is 6.07 Å². The topological polar surface area (TPSA) is 40.5 Å². The number of halogens is 2. The molecule has 2 aliphatic rings. The largest absolute Gasteiger partial charge is 0.481 e. The number of hydrogen-bond acceptors (Lipinski definition) is 2. The maximum atomic E-state index is 13.5. The van der Waals surface area contributed by atoms with Crippen LogP contribution in [-0.2, 0) is 11.3 Å². The predicted octanol–water partition coefficient (Wildman–Crippen LogP) is 3.70. The molecule has 0 amide bonds. The van der Waals surface area contributed by atoms with E-state index < -0.39 is 5.97 Å². The lowest BCUT2D eigenvalue weighted by molar-refractivity contribution is -0.138. The quantitative estimate of drug-likeness (QED) is 0.922. The highest BCUT2D eigenvalue weighted by Gasteiger charge is 2.41. The zero-order chi connectivity index (χ0) is 15.0. The van der Waals surface area contributed by atoms with Crippen LogP contribution in [0.4, 0.5) is 4.39 Å². The second-order valence-corrected chi connectivity index (χ2v) is 6.58. The molecule has 1 N–H and O–H groups in total. The lowest BCUT2D eigenvalue weighted by atomic mass is 9.88. The molecule has 0 radical (unpaired) electrons. The normalized spacial score (nSPS) is 28.8. The monoisotopic (exact) mass is 311 g/mol. The van der Waals surface area contributed by atoms with Gasteiger partial charge in [-0.25, -0.2) is 4.39 Å². The second-order valence-electron chi connectivity index (χ2n) is 6.21. The van der Waals surface area contributed by atoms with Gasteiger partial charge in [-0.15, -0.1) is 0 Å². The first-order valence-corrected chi connectivity index (χ1v) is 7.83. The van der Waals surface area contributed by atoms with E-state index in [1.165, 1.54) is 6.07 Å². The fourth-order valence-corrected chi connectivity index (χ4v) is 4.11. The van der Waals surface area contributed by atoms with Crippen molar-refractivity contribution in [1.82, 2.24) is 4.90 Å². The van der Waals surface area contributed by atoms with Gasteiger partial charge in [0.2, 0.25) is 0 Å². The Morgan fingerprint density at radius 1 is 1.33 bits per heavy atom. The maximum Gasteiger partial charge on any atom is 0.303 e. The van der Waals surface area contributed by atoms with E-state index in [1.54, 1.807) is 6.07 Å². The third-order valence-corrected chi connectivity index (χ3v) is 5.25. The summed E-state index contributed by atoms with van der Waals surface area (Å²) in [7, 11) is 0. The van der Waals surface area contributed by atoms with Crippen LogP contribution < -0.4 is 0 Å². The average Bonchev–Trinajstić information content (AvgIpc) is 2.66. The van der Waals surface area contributed by atoms with Crippen molar-refractivity contribution in [3.8, 4) is 0 Å². The van der Waals surface area contributed by atoms with Gasteiger partial charge in [0.05, 0.1) is 5.02 Å². The van der Waals surface area contributed by atoms with Gasteiger partial charge >= 0.3 is 5.97 Å². The summed E-state index contributed by atoms with van der Waals surface area (Å²) in [6.45, 7) is 0.658. The Kier molecular flexibility index (Phi) is 4.18. The Morgan fingerprint density at radius 2 is 2.00 bits per heavy atom. The summed E-state index contributed by atoms with van der Waals surface area (Å²) < 4.78 is 13.5. The molecule has 3 rings (SSSR count). The van der Waals surface area contributed by atoms with Crippen LogP contribution in [0.2, 0.25) is 5.02 Å². The molecule has 2 bridgehead atoms. The molecule has 1 aromatic carbocycles. The third-order valence-electron chi connectivity index (χ3n) is 4.83. The molecule has 2 unspecified atom stereocenters. The molecule has 114 valence electrons. The predicted molar refractivity (Wildman–Crippen MR) is 78.7 cm³/mol. The van der Waals surface area contributed by atoms with Crippen LogP contribution in [0.15, 0.2) is 18.2 Å².